The molecule has 0 bridgehead atoms. The Balaban J connectivity index is 2.34. The normalized spacial score (nSPS) is 10.3. The summed E-state index contributed by atoms with van der Waals surface area (Å²) in [6.45, 7) is 0. The van der Waals surface area contributed by atoms with E-state index in [1.54, 1.807) is 37.4 Å². The van der Waals surface area contributed by atoms with Crippen LogP contribution in [0.5, 0.6) is 17.2 Å². The molecule has 0 aliphatic heterocycles. The fourth-order valence-electron chi connectivity index (χ4n) is 1.60. The summed E-state index contributed by atoms with van der Waals surface area (Å²) < 4.78 is 12.5. The van der Waals surface area contributed by atoms with Gasteiger partial charge in [0.25, 0.3) is 0 Å². The van der Waals surface area contributed by atoms with Gasteiger partial charge >= 0.3 is 0 Å². The van der Waals surface area contributed by atoms with Gasteiger partial charge in [-0.25, -0.2) is 0 Å². The van der Waals surface area contributed by atoms with Crippen molar-refractivity contribution in [3.63, 3.8) is 0 Å². The minimum absolute atomic E-state index is 0.289. The largest absolute Gasteiger partial charge is 0.496 e. The van der Waals surface area contributed by atoms with Crippen LogP contribution in [0.3, 0.4) is 0 Å². The average molecular weight is 452 g/mol. The van der Waals surface area contributed by atoms with E-state index in [0.717, 1.165) is 8.95 Å². The lowest BCUT2D eigenvalue weighted by Gasteiger charge is -2.12. The van der Waals surface area contributed by atoms with E-state index < -0.39 is 0 Å². The number of hydrogen-bond donors (Lipinski definition) is 1. The molecule has 0 saturated heterocycles. The maximum Gasteiger partial charge on any atom is 0.146 e. The molecule has 21 heavy (non-hydrogen) atoms. The van der Waals surface area contributed by atoms with Crippen LogP contribution in [0.2, 0.25) is 5.02 Å². The van der Waals surface area contributed by atoms with Crippen molar-refractivity contribution in [2.24, 2.45) is 5.73 Å². The molecule has 0 aliphatic rings. The van der Waals surface area contributed by atoms with Gasteiger partial charge in [0.05, 0.1) is 21.1 Å². The van der Waals surface area contributed by atoms with E-state index in [2.05, 4.69) is 31.9 Å². The Morgan fingerprint density at radius 3 is 2.29 bits per heavy atom. The lowest BCUT2D eigenvalue weighted by Crippen LogP contribution is -2.08. The summed E-state index contributed by atoms with van der Waals surface area (Å²) in [5, 5.41) is 0.430. The molecule has 0 aliphatic carbocycles. The number of hydrogen-bond acceptors (Lipinski definition) is 3. The Morgan fingerprint density at radius 2 is 1.71 bits per heavy atom. The molecule has 0 spiro atoms. The lowest BCUT2D eigenvalue weighted by molar-refractivity contribution is 0.409. The van der Waals surface area contributed by atoms with Gasteiger partial charge in [0, 0.05) is 5.56 Å². The minimum Gasteiger partial charge on any atom is -0.496 e. The van der Waals surface area contributed by atoms with Crippen molar-refractivity contribution in [3.8, 4) is 17.2 Å². The highest BCUT2D eigenvalue weighted by Crippen LogP contribution is 2.39. The van der Waals surface area contributed by atoms with Crippen LogP contribution in [0.25, 0.3) is 0 Å². The number of nitrogens with two attached hydrogens (primary N) is 1. The molecule has 0 saturated carbocycles. The molecule has 3 nitrogen and oxygen atoms in total. The SMILES string of the molecule is COc1cc(Br)c(Oc2ccc(C(N)=S)cc2Cl)cc1Br. The predicted octanol–water partition coefficient (Wildman–Crippen LogP) is 5.30. The number of thiocarbonyl (C=S) groups is 1. The minimum atomic E-state index is 0.289. The van der Waals surface area contributed by atoms with Crippen molar-refractivity contribution < 1.29 is 9.47 Å². The van der Waals surface area contributed by atoms with E-state index >= 15 is 0 Å². The lowest BCUT2D eigenvalue weighted by atomic mass is 10.2. The molecule has 2 aromatic rings. The molecule has 0 unspecified atom stereocenters. The summed E-state index contributed by atoms with van der Waals surface area (Å²) >= 11 is 17.9. The van der Waals surface area contributed by atoms with E-state index in [0.29, 0.717) is 27.8 Å². The molecule has 2 aromatic carbocycles. The predicted molar refractivity (Wildman–Crippen MR) is 95.8 cm³/mol. The molecule has 0 heterocycles. The van der Waals surface area contributed by atoms with Gasteiger partial charge in [0.1, 0.15) is 22.2 Å². The van der Waals surface area contributed by atoms with Gasteiger partial charge < -0.3 is 15.2 Å². The Bertz CT molecular complexity index is 710. The van der Waals surface area contributed by atoms with Crippen LogP contribution in [0, 0.1) is 0 Å². The molecule has 0 amide bonds. The van der Waals surface area contributed by atoms with Crippen molar-refractivity contribution in [1.29, 1.82) is 0 Å². The molecule has 0 atom stereocenters. The second-order valence-electron chi connectivity index (χ2n) is 4.03. The van der Waals surface area contributed by atoms with E-state index in [1.807, 2.05) is 0 Å². The summed E-state index contributed by atoms with van der Waals surface area (Å²) in [5.41, 5.74) is 6.26. The van der Waals surface area contributed by atoms with Crippen molar-refractivity contribution >= 4 is 60.7 Å². The van der Waals surface area contributed by atoms with E-state index in [1.165, 1.54) is 0 Å². The van der Waals surface area contributed by atoms with Crippen LogP contribution >= 0.6 is 55.7 Å². The standard InChI is InChI=1S/C14H10Br2ClNO2S/c1-19-12-5-9(16)13(6-8(12)15)20-11-3-2-7(14(18)21)4-10(11)17/h2-6H,1H3,(H2,18,21). The summed E-state index contributed by atoms with van der Waals surface area (Å²) in [5.74, 6) is 1.81. The van der Waals surface area contributed by atoms with Gasteiger partial charge in [-0.2, -0.15) is 0 Å². The van der Waals surface area contributed by atoms with Gasteiger partial charge in [0.15, 0.2) is 0 Å². The highest BCUT2D eigenvalue weighted by molar-refractivity contribution is 9.11. The summed E-state index contributed by atoms with van der Waals surface area (Å²) in [4.78, 5) is 0.289. The molecule has 110 valence electrons. The molecular formula is C14H10Br2ClNO2S. The zero-order valence-corrected chi connectivity index (χ0v) is 15.6. The molecule has 0 radical (unpaired) electrons. The van der Waals surface area contributed by atoms with Crippen LogP contribution in [0.4, 0.5) is 0 Å². The first-order valence-electron chi connectivity index (χ1n) is 5.72. The fraction of sp³-hybridized carbons (Fsp3) is 0.0714. The van der Waals surface area contributed by atoms with Gasteiger partial charge in [0.2, 0.25) is 0 Å². The Labute approximate surface area is 149 Å². The first-order valence-corrected chi connectivity index (χ1v) is 8.10. The van der Waals surface area contributed by atoms with Crippen LogP contribution < -0.4 is 15.2 Å². The van der Waals surface area contributed by atoms with Crippen molar-refractivity contribution in [1.82, 2.24) is 0 Å². The molecule has 0 fully saturated rings. The smallest absolute Gasteiger partial charge is 0.146 e. The van der Waals surface area contributed by atoms with Gasteiger partial charge in [-0.15, -0.1) is 0 Å². The van der Waals surface area contributed by atoms with Crippen LogP contribution in [-0.2, 0) is 0 Å². The van der Waals surface area contributed by atoms with E-state index in [4.69, 9.17) is 39.0 Å². The van der Waals surface area contributed by atoms with Gasteiger partial charge in [-0.3, -0.25) is 0 Å². The monoisotopic (exact) mass is 449 g/mol. The average Bonchev–Trinajstić information content (AvgIpc) is 2.44. The summed E-state index contributed by atoms with van der Waals surface area (Å²) in [6.07, 6.45) is 0. The molecule has 2 N–H and O–H groups in total. The highest BCUT2D eigenvalue weighted by Gasteiger charge is 2.11. The zero-order chi connectivity index (χ0) is 15.6. The number of methoxy groups -OCH3 is 1. The maximum absolute atomic E-state index is 6.18. The zero-order valence-electron chi connectivity index (χ0n) is 10.8. The fourth-order valence-corrected chi connectivity index (χ4v) is 2.83. The number of ether oxygens (including phenoxy) is 2. The van der Waals surface area contributed by atoms with Crippen LogP contribution in [-0.4, -0.2) is 12.1 Å². The first-order chi connectivity index (χ1) is 9.92. The van der Waals surface area contributed by atoms with Crippen molar-refractivity contribution in [3.05, 3.63) is 49.9 Å². The van der Waals surface area contributed by atoms with Crippen LogP contribution in [0.1, 0.15) is 5.56 Å². The highest BCUT2D eigenvalue weighted by atomic mass is 79.9. The summed E-state index contributed by atoms with van der Waals surface area (Å²) in [7, 11) is 1.60. The van der Waals surface area contributed by atoms with Crippen molar-refractivity contribution in [2.45, 2.75) is 0 Å². The second-order valence-corrected chi connectivity index (χ2v) is 6.58. The van der Waals surface area contributed by atoms with Crippen molar-refractivity contribution in [2.75, 3.05) is 7.11 Å². The Kier molecular flexibility index (Phi) is 5.48. The molecule has 0 aromatic heterocycles. The number of rotatable bonds is 4. The Morgan fingerprint density at radius 1 is 1.10 bits per heavy atom. The Hall–Kier alpha value is -0.820. The second kappa shape index (κ2) is 6.96. The quantitative estimate of drug-likeness (QED) is 0.641. The molecule has 7 heteroatoms. The number of halogens is 3. The first kappa shape index (κ1) is 16.5. The third-order valence-corrected chi connectivity index (χ3v) is 4.41. The molecule has 2 rings (SSSR count). The summed E-state index contributed by atoms with van der Waals surface area (Å²) in [6, 6.07) is 8.75. The van der Waals surface area contributed by atoms with E-state index in [-0.39, 0.29) is 4.99 Å². The van der Waals surface area contributed by atoms with Gasteiger partial charge in [-0.1, -0.05) is 23.8 Å². The van der Waals surface area contributed by atoms with E-state index in [9.17, 15) is 0 Å². The molecular weight excluding hydrogens is 441 g/mol. The van der Waals surface area contributed by atoms with Gasteiger partial charge in [-0.05, 0) is 62.2 Å². The van der Waals surface area contributed by atoms with Crippen LogP contribution in [0.15, 0.2) is 39.3 Å². The number of benzene rings is 2. The third kappa shape index (κ3) is 3.88. The topological polar surface area (TPSA) is 44.5 Å². The third-order valence-electron chi connectivity index (χ3n) is 2.64. The maximum atomic E-state index is 6.18.